The van der Waals surface area contributed by atoms with E-state index in [1.54, 1.807) is 13.0 Å². The van der Waals surface area contributed by atoms with Crippen molar-refractivity contribution in [2.75, 3.05) is 42.3 Å². The highest BCUT2D eigenvalue weighted by atomic mass is 32.2. The molecular formula is C20H19F3N4O4S. The number of amides is 1. The van der Waals surface area contributed by atoms with Crippen LogP contribution in [0.15, 0.2) is 44.6 Å². The average Bonchev–Trinajstić information content (AvgIpc) is 3.41. The van der Waals surface area contributed by atoms with E-state index in [0.29, 0.717) is 43.3 Å². The first-order valence-corrected chi connectivity index (χ1v) is 10.6. The van der Waals surface area contributed by atoms with E-state index in [4.69, 9.17) is 13.6 Å². The zero-order valence-electron chi connectivity index (χ0n) is 16.9. The maximum atomic E-state index is 13.2. The number of aromatic nitrogens is 2. The summed E-state index contributed by atoms with van der Waals surface area (Å²) in [7, 11) is 0. The lowest BCUT2D eigenvalue weighted by atomic mass is 10.1. The molecule has 0 saturated carbocycles. The van der Waals surface area contributed by atoms with Crippen LogP contribution in [0.25, 0.3) is 11.5 Å². The topological polar surface area (TPSA) is 93.6 Å². The number of benzene rings is 1. The van der Waals surface area contributed by atoms with Crippen LogP contribution < -0.4 is 10.2 Å². The first-order valence-electron chi connectivity index (χ1n) is 9.66. The third-order valence-electron chi connectivity index (χ3n) is 4.77. The van der Waals surface area contributed by atoms with E-state index >= 15 is 0 Å². The number of aryl methyl sites for hydroxylation is 1. The van der Waals surface area contributed by atoms with Gasteiger partial charge in [-0.05, 0) is 31.2 Å². The number of morpholine rings is 1. The van der Waals surface area contributed by atoms with Crippen molar-refractivity contribution in [3.05, 3.63) is 41.9 Å². The number of alkyl halides is 3. The van der Waals surface area contributed by atoms with Gasteiger partial charge in [0.25, 0.3) is 11.1 Å². The standard InChI is InChI=1S/C20H19F3N4O4S/c1-12-14(4-7-30-12)18-25-26-19(31-18)32-11-17(28)24-15-10-13(20(21,22)23)2-3-16(15)27-5-8-29-9-6-27/h2-4,7,10H,5-6,8-9,11H2,1H3,(H,24,28). The Labute approximate surface area is 185 Å². The van der Waals surface area contributed by atoms with E-state index in [0.717, 1.165) is 23.9 Å². The van der Waals surface area contributed by atoms with E-state index in [1.165, 1.54) is 12.3 Å². The van der Waals surface area contributed by atoms with Crippen molar-refractivity contribution in [2.24, 2.45) is 0 Å². The van der Waals surface area contributed by atoms with Crippen LogP contribution in [0.4, 0.5) is 24.5 Å². The van der Waals surface area contributed by atoms with Gasteiger partial charge in [-0.25, -0.2) is 0 Å². The monoisotopic (exact) mass is 468 g/mol. The Kier molecular flexibility index (Phi) is 6.42. The molecule has 3 heterocycles. The molecule has 0 bridgehead atoms. The lowest BCUT2D eigenvalue weighted by molar-refractivity contribution is -0.137. The molecule has 1 fully saturated rings. The molecule has 8 nitrogen and oxygen atoms in total. The van der Waals surface area contributed by atoms with Crippen LogP contribution in [0.3, 0.4) is 0 Å². The van der Waals surface area contributed by atoms with E-state index < -0.39 is 17.6 Å². The van der Waals surface area contributed by atoms with Gasteiger partial charge >= 0.3 is 6.18 Å². The summed E-state index contributed by atoms with van der Waals surface area (Å²) in [4.78, 5) is 14.4. The fourth-order valence-electron chi connectivity index (χ4n) is 3.19. The lowest BCUT2D eigenvalue weighted by Gasteiger charge is -2.31. The van der Waals surface area contributed by atoms with Gasteiger partial charge in [0.1, 0.15) is 5.76 Å². The van der Waals surface area contributed by atoms with Crippen LogP contribution in [0.2, 0.25) is 0 Å². The van der Waals surface area contributed by atoms with Crippen LogP contribution in [0, 0.1) is 6.92 Å². The normalized spacial score (nSPS) is 14.6. The number of nitrogens with zero attached hydrogens (tertiary/aromatic N) is 3. The molecule has 1 aliphatic rings. The first kappa shape index (κ1) is 22.2. The molecule has 0 radical (unpaired) electrons. The quantitative estimate of drug-likeness (QED) is 0.538. The van der Waals surface area contributed by atoms with Gasteiger partial charge in [0, 0.05) is 13.1 Å². The number of rotatable bonds is 6. The second-order valence-electron chi connectivity index (χ2n) is 6.93. The highest BCUT2D eigenvalue weighted by Crippen LogP contribution is 2.36. The summed E-state index contributed by atoms with van der Waals surface area (Å²) in [5.74, 6) is 0.253. The van der Waals surface area contributed by atoms with Crippen molar-refractivity contribution in [3.63, 3.8) is 0 Å². The molecule has 0 unspecified atom stereocenters. The van der Waals surface area contributed by atoms with E-state index in [-0.39, 0.29) is 22.6 Å². The zero-order valence-corrected chi connectivity index (χ0v) is 17.8. The Morgan fingerprint density at radius 3 is 2.69 bits per heavy atom. The van der Waals surface area contributed by atoms with Crippen LogP contribution >= 0.6 is 11.8 Å². The van der Waals surface area contributed by atoms with Crippen LogP contribution in [-0.4, -0.2) is 48.2 Å². The number of hydrogen-bond donors (Lipinski definition) is 1. The van der Waals surface area contributed by atoms with Crippen molar-refractivity contribution in [2.45, 2.75) is 18.3 Å². The van der Waals surface area contributed by atoms with Gasteiger partial charge in [-0.3, -0.25) is 4.79 Å². The summed E-state index contributed by atoms with van der Waals surface area (Å²) in [5.41, 5.74) is 0.408. The number of ether oxygens (including phenoxy) is 1. The van der Waals surface area contributed by atoms with Gasteiger partial charge < -0.3 is 23.8 Å². The molecule has 4 rings (SSSR count). The summed E-state index contributed by atoms with van der Waals surface area (Å²) in [5, 5.41) is 10.6. The fourth-order valence-corrected chi connectivity index (χ4v) is 3.75. The smallest absolute Gasteiger partial charge is 0.416 e. The molecule has 170 valence electrons. The molecule has 1 N–H and O–H groups in total. The summed E-state index contributed by atoms with van der Waals surface area (Å²) in [6.07, 6.45) is -3.03. The number of hydrogen-bond acceptors (Lipinski definition) is 8. The van der Waals surface area contributed by atoms with E-state index in [2.05, 4.69) is 15.5 Å². The molecule has 0 aliphatic carbocycles. The molecule has 12 heteroatoms. The Bertz CT molecular complexity index is 1090. The second-order valence-corrected chi connectivity index (χ2v) is 7.86. The van der Waals surface area contributed by atoms with Crippen molar-refractivity contribution >= 4 is 29.0 Å². The minimum Gasteiger partial charge on any atom is -0.469 e. The highest BCUT2D eigenvalue weighted by molar-refractivity contribution is 7.99. The molecule has 2 aromatic heterocycles. The second kappa shape index (κ2) is 9.25. The van der Waals surface area contributed by atoms with Crippen molar-refractivity contribution in [1.29, 1.82) is 0 Å². The third-order valence-corrected chi connectivity index (χ3v) is 5.59. The molecule has 1 aliphatic heterocycles. The van der Waals surface area contributed by atoms with Crippen molar-refractivity contribution < 1.29 is 31.5 Å². The number of halogens is 3. The fraction of sp³-hybridized carbons (Fsp3) is 0.350. The number of nitrogens with one attached hydrogen (secondary N) is 1. The summed E-state index contributed by atoms with van der Waals surface area (Å²) in [6.45, 7) is 3.70. The molecule has 32 heavy (non-hydrogen) atoms. The third kappa shape index (κ3) is 5.07. The Morgan fingerprint density at radius 1 is 1.22 bits per heavy atom. The van der Waals surface area contributed by atoms with Gasteiger partial charge in [0.05, 0.1) is 47.7 Å². The molecule has 0 spiro atoms. The van der Waals surface area contributed by atoms with E-state index in [1.807, 2.05) is 4.90 Å². The maximum absolute atomic E-state index is 13.2. The number of carbonyl (C=O) groups excluding carboxylic acids is 1. The summed E-state index contributed by atoms with van der Waals surface area (Å²) < 4.78 is 55.7. The Hall–Kier alpha value is -2.99. The van der Waals surface area contributed by atoms with Gasteiger partial charge in [-0.2, -0.15) is 13.2 Å². The largest absolute Gasteiger partial charge is 0.469 e. The number of anilines is 2. The number of furan rings is 1. The highest BCUT2D eigenvalue weighted by Gasteiger charge is 2.32. The zero-order chi connectivity index (χ0) is 22.7. The molecule has 1 saturated heterocycles. The minimum absolute atomic E-state index is 0.0903. The van der Waals surface area contributed by atoms with Crippen LogP contribution in [-0.2, 0) is 15.7 Å². The average molecular weight is 468 g/mol. The molecule has 3 aromatic rings. The Morgan fingerprint density at radius 2 is 2.00 bits per heavy atom. The number of thioether (sulfide) groups is 1. The van der Waals surface area contributed by atoms with Gasteiger partial charge in [-0.1, -0.05) is 11.8 Å². The predicted molar refractivity (Wildman–Crippen MR) is 111 cm³/mol. The first-order chi connectivity index (χ1) is 15.3. The molecule has 0 atom stereocenters. The van der Waals surface area contributed by atoms with Gasteiger partial charge in [-0.15, -0.1) is 10.2 Å². The van der Waals surface area contributed by atoms with Crippen LogP contribution in [0.1, 0.15) is 11.3 Å². The molecular weight excluding hydrogens is 449 g/mol. The summed E-state index contributed by atoms with van der Waals surface area (Å²) in [6, 6.07) is 5.01. The summed E-state index contributed by atoms with van der Waals surface area (Å²) >= 11 is 0.984. The minimum atomic E-state index is -4.52. The van der Waals surface area contributed by atoms with Gasteiger partial charge in [0.2, 0.25) is 5.91 Å². The Balaban J connectivity index is 1.46. The molecule has 1 amide bonds. The number of carbonyl (C=O) groups is 1. The lowest BCUT2D eigenvalue weighted by Crippen LogP contribution is -2.37. The van der Waals surface area contributed by atoms with Crippen LogP contribution in [0.5, 0.6) is 0 Å². The maximum Gasteiger partial charge on any atom is 0.416 e. The SMILES string of the molecule is Cc1occc1-c1nnc(SCC(=O)Nc2cc(C(F)(F)F)ccc2N2CCOCC2)o1. The van der Waals surface area contributed by atoms with E-state index in [9.17, 15) is 18.0 Å². The molecule has 1 aromatic carbocycles. The van der Waals surface area contributed by atoms with Crippen molar-refractivity contribution in [1.82, 2.24) is 10.2 Å². The van der Waals surface area contributed by atoms with Gasteiger partial charge in [0.15, 0.2) is 0 Å². The van der Waals surface area contributed by atoms with Crippen molar-refractivity contribution in [3.8, 4) is 11.5 Å². The predicted octanol–water partition coefficient (Wildman–Crippen LogP) is 4.22.